The molecule has 0 radical (unpaired) electrons. The Labute approximate surface area is 94.0 Å². The fourth-order valence-electron chi connectivity index (χ4n) is 2.26. The zero-order chi connectivity index (χ0) is 11.1. The minimum Gasteiger partial charge on any atom is -0.303 e. The molecule has 0 spiro atoms. The summed E-state index contributed by atoms with van der Waals surface area (Å²) in [6.07, 6.45) is 11.0. The lowest BCUT2D eigenvalue weighted by Gasteiger charge is -2.17. The molecule has 0 aromatic rings. The molecule has 1 rings (SSSR count). The first-order valence-electron chi connectivity index (χ1n) is 6.09. The molecule has 2 nitrogen and oxygen atoms in total. The van der Waals surface area contributed by atoms with Crippen LogP contribution in [0.1, 0.15) is 44.9 Å². The van der Waals surface area contributed by atoms with Gasteiger partial charge in [-0.15, -0.1) is 6.58 Å². The molecule has 1 unspecified atom stereocenters. The van der Waals surface area contributed by atoms with Crippen LogP contribution in [0, 0.1) is 5.92 Å². The maximum absolute atomic E-state index is 4.65. The molecule has 1 saturated carbocycles. The largest absolute Gasteiger partial charge is 0.303 e. The first-order chi connectivity index (χ1) is 7.24. The lowest BCUT2D eigenvalue weighted by molar-refractivity contribution is 0.427. The first-order valence-corrected chi connectivity index (χ1v) is 6.09. The average Bonchev–Trinajstić information content (AvgIpc) is 2.40. The molecule has 1 aliphatic carbocycles. The van der Waals surface area contributed by atoms with Crippen molar-refractivity contribution in [3.8, 4) is 0 Å². The molecule has 0 aromatic carbocycles. The quantitative estimate of drug-likeness (QED) is 0.392. The van der Waals surface area contributed by atoms with Crippen LogP contribution < -0.4 is 0 Å². The van der Waals surface area contributed by atoms with Gasteiger partial charge in [0.05, 0.1) is 0 Å². The van der Waals surface area contributed by atoms with Gasteiger partial charge in [0.25, 0.3) is 0 Å². The SMILES string of the molecule is C=CCCC1CCCCC/C1=N\N(C)C. The number of hydrazone groups is 1. The topological polar surface area (TPSA) is 15.6 Å². The van der Waals surface area contributed by atoms with E-state index in [0.717, 1.165) is 6.42 Å². The maximum Gasteiger partial charge on any atom is 0.0411 e. The molecule has 0 aromatic heterocycles. The molecule has 0 bridgehead atoms. The smallest absolute Gasteiger partial charge is 0.0411 e. The van der Waals surface area contributed by atoms with Gasteiger partial charge >= 0.3 is 0 Å². The molecule has 1 aliphatic rings. The van der Waals surface area contributed by atoms with E-state index >= 15 is 0 Å². The van der Waals surface area contributed by atoms with E-state index < -0.39 is 0 Å². The summed E-state index contributed by atoms with van der Waals surface area (Å²) in [7, 11) is 4.03. The lowest BCUT2D eigenvalue weighted by atomic mass is 9.93. The van der Waals surface area contributed by atoms with E-state index in [0.29, 0.717) is 5.92 Å². The number of hydrogen-bond acceptors (Lipinski definition) is 2. The van der Waals surface area contributed by atoms with Crippen LogP contribution in [-0.4, -0.2) is 24.8 Å². The summed E-state index contributed by atoms with van der Waals surface area (Å²) < 4.78 is 0. The highest BCUT2D eigenvalue weighted by atomic mass is 15.4. The zero-order valence-corrected chi connectivity index (χ0v) is 10.2. The number of hydrogen-bond donors (Lipinski definition) is 0. The van der Waals surface area contributed by atoms with Gasteiger partial charge in [0.1, 0.15) is 0 Å². The molecule has 0 N–H and O–H groups in total. The van der Waals surface area contributed by atoms with Crippen LogP contribution in [0.15, 0.2) is 17.8 Å². The van der Waals surface area contributed by atoms with Gasteiger partial charge in [-0.3, -0.25) is 0 Å². The van der Waals surface area contributed by atoms with E-state index in [1.54, 1.807) is 0 Å². The van der Waals surface area contributed by atoms with Gasteiger partial charge in [0.2, 0.25) is 0 Å². The van der Waals surface area contributed by atoms with E-state index in [2.05, 4.69) is 11.7 Å². The number of nitrogens with zero attached hydrogens (tertiary/aromatic N) is 2. The van der Waals surface area contributed by atoms with E-state index in [4.69, 9.17) is 0 Å². The van der Waals surface area contributed by atoms with Crippen molar-refractivity contribution in [3.63, 3.8) is 0 Å². The molecule has 1 fully saturated rings. The minimum absolute atomic E-state index is 0.702. The van der Waals surface area contributed by atoms with Crippen LogP contribution in [-0.2, 0) is 0 Å². The van der Waals surface area contributed by atoms with Crippen molar-refractivity contribution in [1.29, 1.82) is 0 Å². The Bertz CT molecular complexity index is 219. The third-order valence-corrected chi connectivity index (χ3v) is 3.00. The Balaban J connectivity index is 2.62. The van der Waals surface area contributed by atoms with Gasteiger partial charge < -0.3 is 5.01 Å². The molecule has 0 amide bonds. The van der Waals surface area contributed by atoms with Crippen molar-refractivity contribution in [2.24, 2.45) is 11.0 Å². The Kier molecular flexibility index (Phi) is 5.44. The van der Waals surface area contributed by atoms with Gasteiger partial charge in [0, 0.05) is 19.8 Å². The molecular formula is C13H24N2. The van der Waals surface area contributed by atoms with Gasteiger partial charge in [-0.25, -0.2) is 0 Å². The van der Waals surface area contributed by atoms with Crippen molar-refractivity contribution in [1.82, 2.24) is 5.01 Å². The Hall–Kier alpha value is -0.790. The molecule has 0 aliphatic heterocycles. The van der Waals surface area contributed by atoms with Crippen LogP contribution in [0.5, 0.6) is 0 Å². The van der Waals surface area contributed by atoms with E-state index in [9.17, 15) is 0 Å². The van der Waals surface area contributed by atoms with Crippen molar-refractivity contribution >= 4 is 5.71 Å². The highest BCUT2D eigenvalue weighted by Crippen LogP contribution is 2.25. The molecule has 0 saturated heterocycles. The van der Waals surface area contributed by atoms with Crippen molar-refractivity contribution in [2.75, 3.05) is 14.1 Å². The second kappa shape index (κ2) is 6.65. The summed E-state index contributed by atoms with van der Waals surface area (Å²) in [6.45, 7) is 3.80. The number of rotatable bonds is 4. The van der Waals surface area contributed by atoms with Crippen molar-refractivity contribution in [3.05, 3.63) is 12.7 Å². The normalized spacial score (nSPS) is 24.9. The van der Waals surface area contributed by atoms with Gasteiger partial charge in [-0.1, -0.05) is 18.9 Å². The second-order valence-corrected chi connectivity index (χ2v) is 4.60. The highest BCUT2D eigenvalue weighted by molar-refractivity contribution is 5.86. The minimum atomic E-state index is 0.702. The van der Waals surface area contributed by atoms with Crippen molar-refractivity contribution < 1.29 is 0 Å². The lowest BCUT2D eigenvalue weighted by Crippen LogP contribution is -2.17. The van der Waals surface area contributed by atoms with E-state index in [-0.39, 0.29) is 0 Å². The molecule has 0 heterocycles. The highest BCUT2D eigenvalue weighted by Gasteiger charge is 2.18. The van der Waals surface area contributed by atoms with Gasteiger partial charge in [-0.05, 0) is 38.0 Å². The zero-order valence-electron chi connectivity index (χ0n) is 10.2. The van der Waals surface area contributed by atoms with Crippen LogP contribution >= 0.6 is 0 Å². The summed E-state index contributed by atoms with van der Waals surface area (Å²) >= 11 is 0. The fourth-order valence-corrected chi connectivity index (χ4v) is 2.26. The van der Waals surface area contributed by atoms with E-state index in [1.807, 2.05) is 25.2 Å². The summed E-state index contributed by atoms with van der Waals surface area (Å²) in [4.78, 5) is 0. The monoisotopic (exact) mass is 208 g/mol. The van der Waals surface area contributed by atoms with Crippen LogP contribution in [0.25, 0.3) is 0 Å². The van der Waals surface area contributed by atoms with Crippen molar-refractivity contribution in [2.45, 2.75) is 44.9 Å². The second-order valence-electron chi connectivity index (χ2n) is 4.60. The predicted octanol–water partition coefficient (Wildman–Crippen LogP) is 3.45. The third-order valence-electron chi connectivity index (χ3n) is 3.00. The summed E-state index contributed by atoms with van der Waals surface area (Å²) in [5, 5.41) is 6.59. The fraction of sp³-hybridized carbons (Fsp3) is 0.769. The average molecular weight is 208 g/mol. The molecular weight excluding hydrogens is 184 g/mol. The Morgan fingerprint density at radius 3 is 2.87 bits per heavy atom. The molecule has 2 heteroatoms. The third kappa shape index (κ3) is 4.50. The van der Waals surface area contributed by atoms with Crippen LogP contribution in [0.2, 0.25) is 0 Å². The molecule has 15 heavy (non-hydrogen) atoms. The van der Waals surface area contributed by atoms with Crippen LogP contribution in [0.3, 0.4) is 0 Å². The first kappa shape index (κ1) is 12.3. The Morgan fingerprint density at radius 1 is 1.40 bits per heavy atom. The maximum atomic E-state index is 4.65. The summed E-state index contributed by atoms with van der Waals surface area (Å²) in [5.74, 6) is 0.702. The van der Waals surface area contributed by atoms with E-state index in [1.165, 1.54) is 44.2 Å². The number of allylic oxidation sites excluding steroid dienone is 1. The van der Waals surface area contributed by atoms with Gasteiger partial charge in [-0.2, -0.15) is 5.10 Å². The standard InChI is InChI=1S/C13H24N2/c1-4-5-9-12-10-7-6-8-11-13(12)14-15(2)3/h4,12H,1,5-11H2,2-3H3/b14-13+. The molecule has 86 valence electrons. The Morgan fingerprint density at radius 2 is 2.20 bits per heavy atom. The van der Waals surface area contributed by atoms with Gasteiger partial charge in [0.15, 0.2) is 0 Å². The predicted molar refractivity (Wildman–Crippen MR) is 67.1 cm³/mol. The summed E-state index contributed by atoms with van der Waals surface area (Å²) in [6, 6.07) is 0. The summed E-state index contributed by atoms with van der Waals surface area (Å²) in [5.41, 5.74) is 1.42. The molecule has 1 atom stereocenters. The van der Waals surface area contributed by atoms with Crippen LogP contribution in [0.4, 0.5) is 0 Å².